The van der Waals surface area contributed by atoms with Gasteiger partial charge in [-0.1, -0.05) is 97.1 Å². The molecule has 0 saturated carbocycles. The highest BCUT2D eigenvalue weighted by atomic mass is 16.7. The van der Waals surface area contributed by atoms with Gasteiger partial charge in [-0.05, 0) is 71.6 Å². The second-order valence-electron chi connectivity index (χ2n) is 13.6. The number of anilines is 2. The Labute approximate surface area is 305 Å². The molecule has 1 aliphatic heterocycles. The van der Waals surface area contributed by atoms with Gasteiger partial charge in [-0.2, -0.15) is 0 Å². The molecule has 1 heterocycles. The predicted octanol–water partition coefficient (Wildman–Crippen LogP) is 7.58. The number of hydrogen-bond donors (Lipinski definition) is 4. The van der Waals surface area contributed by atoms with Crippen LogP contribution < -0.4 is 16.4 Å². The van der Waals surface area contributed by atoms with E-state index in [-0.39, 0.29) is 49.5 Å². The maximum atomic E-state index is 12.5. The van der Waals surface area contributed by atoms with Crippen molar-refractivity contribution in [3.8, 4) is 0 Å². The van der Waals surface area contributed by atoms with Gasteiger partial charge < -0.3 is 30.9 Å². The maximum Gasteiger partial charge on any atom is 0.224 e. The first-order chi connectivity index (χ1) is 25.2. The van der Waals surface area contributed by atoms with Crippen molar-refractivity contribution in [3.05, 3.63) is 143 Å². The number of nitrogens with zero attached hydrogens (tertiary/aromatic N) is 1. The molecule has 0 aromatic heterocycles. The fourth-order valence-electron chi connectivity index (χ4n) is 6.55. The largest absolute Gasteiger partial charge is 0.397 e. The third kappa shape index (κ3) is 9.63. The molecule has 1 fully saturated rings. The molecule has 0 radical (unpaired) electrons. The first kappa shape index (κ1) is 36.7. The van der Waals surface area contributed by atoms with Gasteiger partial charge in [0.1, 0.15) is 0 Å². The number of para-hydroxylation sites is 2. The van der Waals surface area contributed by atoms with Gasteiger partial charge in [-0.25, -0.2) is 0 Å². The van der Waals surface area contributed by atoms with Crippen molar-refractivity contribution in [1.82, 2.24) is 10.2 Å². The third-order valence-corrected chi connectivity index (χ3v) is 9.81. The predicted molar refractivity (Wildman–Crippen MR) is 205 cm³/mol. The van der Waals surface area contributed by atoms with E-state index in [2.05, 4.69) is 72.0 Å². The summed E-state index contributed by atoms with van der Waals surface area (Å²) in [6.07, 6.45) is 0.731. The topological polar surface area (TPSA) is 126 Å². The minimum Gasteiger partial charge on any atom is -0.397 e. The summed E-state index contributed by atoms with van der Waals surface area (Å²) < 4.78 is 13.2. The number of nitrogen functional groups attached to an aromatic ring is 1. The highest BCUT2D eigenvalue weighted by molar-refractivity contribution is 5.94. The highest BCUT2D eigenvalue weighted by Crippen LogP contribution is 2.39. The van der Waals surface area contributed by atoms with Gasteiger partial charge in [0, 0.05) is 44.0 Å². The van der Waals surface area contributed by atoms with Crippen molar-refractivity contribution in [2.24, 2.45) is 0 Å². The number of carbonyl (C=O) groups excluding carboxylic acids is 2. The van der Waals surface area contributed by atoms with E-state index in [1.807, 2.05) is 60.7 Å². The third-order valence-electron chi connectivity index (χ3n) is 9.81. The number of rotatable bonds is 14. The molecule has 2 amide bonds. The van der Waals surface area contributed by atoms with Crippen LogP contribution in [-0.4, -0.2) is 41.5 Å². The molecule has 5 aromatic carbocycles. The van der Waals surface area contributed by atoms with Gasteiger partial charge >= 0.3 is 0 Å². The van der Waals surface area contributed by atoms with E-state index in [0.29, 0.717) is 37.3 Å². The molecule has 52 heavy (non-hydrogen) atoms. The standard InChI is InChI=1S/C43H48N4O5/c1-29(35-23-22-32-8-3-4-9-36(32)24-35)47(2)27-37-25-40(33-18-16-31(28-48)17-19-33)52-43(51-37)34-20-14-30(15-21-34)26-45-41(49)12-7-13-42(50)46-39-11-6-5-10-38(39)44/h3-6,8-11,14-24,29,37,40,43,48H,7,12-13,25-28,44H2,1-2H3,(H,45,49)(H,46,50)/t29-,37+,40-,43-/m1/s1. The molecular formula is C43H48N4O5. The van der Waals surface area contributed by atoms with Crippen LogP contribution in [0.25, 0.3) is 10.8 Å². The Morgan fingerprint density at radius 3 is 2.25 bits per heavy atom. The molecule has 0 aliphatic carbocycles. The minimum atomic E-state index is -0.577. The summed E-state index contributed by atoms with van der Waals surface area (Å²) in [6.45, 7) is 3.30. The van der Waals surface area contributed by atoms with E-state index < -0.39 is 6.29 Å². The molecule has 270 valence electrons. The second-order valence-corrected chi connectivity index (χ2v) is 13.6. The Hall–Kier alpha value is -5.06. The summed E-state index contributed by atoms with van der Waals surface area (Å²) >= 11 is 0. The van der Waals surface area contributed by atoms with E-state index in [4.69, 9.17) is 15.2 Å². The average molecular weight is 701 g/mol. The summed E-state index contributed by atoms with van der Waals surface area (Å²) in [6, 6.07) is 38.2. The summed E-state index contributed by atoms with van der Waals surface area (Å²) in [7, 11) is 2.14. The summed E-state index contributed by atoms with van der Waals surface area (Å²) in [5.74, 6) is -0.291. The smallest absolute Gasteiger partial charge is 0.224 e. The van der Waals surface area contributed by atoms with Gasteiger partial charge in [-0.3, -0.25) is 14.5 Å². The van der Waals surface area contributed by atoms with Crippen LogP contribution in [0.2, 0.25) is 0 Å². The van der Waals surface area contributed by atoms with Gasteiger partial charge in [-0.15, -0.1) is 0 Å². The molecule has 4 atom stereocenters. The average Bonchev–Trinajstić information content (AvgIpc) is 3.17. The molecule has 5 N–H and O–H groups in total. The molecule has 0 bridgehead atoms. The number of aliphatic hydroxyl groups is 1. The SMILES string of the molecule is C[C@H](c1ccc2ccccc2c1)N(C)C[C@@H]1C[C@H](c2ccc(CO)cc2)O[C@H](c2ccc(CNC(=O)CCCC(=O)Nc3ccccc3N)cc2)O1. The number of fused-ring (bicyclic) bond motifs is 1. The Morgan fingerprint density at radius 2 is 1.50 bits per heavy atom. The van der Waals surface area contributed by atoms with Gasteiger partial charge in [0.15, 0.2) is 6.29 Å². The summed E-state index contributed by atoms with van der Waals surface area (Å²) in [5, 5.41) is 17.8. The Morgan fingerprint density at radius 1 is 0.827 bits per heavy atom. The van der Waals surface area contributed by atoms with Crippen LogP contribution >= 0.6 is 0 Å². The van der Waals surface area contributed by atoms with Crippen molar-refractivity contribution < 1.29 is 24.2 Å². The number of nitrogens with two attached hydrogens (primary N) is 1. The van der Waals surface area contributed by atoms with Crippen LogP contribution in [0.1, 0.15) is 78.9 Å². The molecule has 0 spiro atoms. The first-order valence-electron chi connectivity index (χ1n) is 17.9. The molecule has 6 rings (SSSR count). The van der Waals surface area contributed by atoms with Crippen molar-refractivity contribution >= 4 is 34.0 Å². The lowest BCUT2D eigenvalue weighted by molar-refractivity contribution is -0.253. The van der Waals surface area contributed by atoms with E-state index in [0.717, 1.165) is 22.3 Å². The molecule has 5 aromatic rings. The number of aliphatic hydroxyl groups excluding tert-OH is 1. The van der Waals surface area contributed by atoms with Crippen LogP contribution in [0.5, 0.6) is 0 Å². The zero-order chi connectivity index (χ0) is 36.5. The van der Waals surface area contributed by atoms with Gasteiger partial charge in [0.05, 0.1) is 30.2 Å². The number of carbonyl (C=O) groups is 2. The van der Waals surface area contributed by atoms with Crippen LogP contribution in [0.3, 0.4) is 0 Å². The quantitative estimate of drug-likeness (QED) is 0.0881. The number of amides is 2. The monoisotopic (exact) mass is 700 g/mol. The van der Waals surface area contributed by atoms with Crippen molar-refractivity contribution in [1.29, 1.82) is 0 Å². The molecule has 9 nitrogen and oxygen atoms in total. The van der Waals surface area contributed by atoms with E-state index >= 15 is 0 Å². The Kier molecular flexibility index (Phi) is 12.3. The normalized spacial score (nSPS) is 17.9. The fraction of sp³-hybridized carbons (Fsp3) is 0.302. The van der Waals surface area contributed by atoms with Crippen molar-refractivity contribution in [2.75, 3.05) is 24.6 Å². The molecule has 9 heteroatoms. The maximum absolute atomic E-state index is 12.5. The zero-order valence-electron chi connectivity index (χ0n) is 29.8. The van der Waals surface area contributed by atoms with E-state index in [9.17, 15) is 14.7 Å². The second kappa shape index (κ2) is 17.4. The zero-order valence-corrected chi connectivity index (χ0v) is 29.8. The van der Waals surface area contributed by atoms with Crippen molar-refractivity contribution in [3.63, 3.8) is 0 Å². The van der Waals surface area contributed by atoms with Gasteiger partial charge in [0.25, 0.3) is 0 Å². The lowest BCUT2D eigenvalue weighted by atomic mass is 9.98. The molecule has 0 unspecified atom stereocenters. The van der Waals surface area contributed by atoms with E-state index in [1.165, 1.54) is 16.3 Å². The highest BCUT2D eigenvalue weighted by Gasteiger charge is 2.33. The number of ether oxygens (including phenoxy) is 2. The Balaban J connectivity index is 1.05. The lowest BCUT2D eigenvalue weighted by Gasteiger charge is -2.39. The summed E-state index contributed by atoms with van der Waals surface area (Å²) in [4.78, 5) is 27.2. The van der Waals surface area contributed by atoms with Crippen LogP contribution in [0, 0.1) is 0 Å². The number of likely N-dealkylation sites (N-methyl/N-ethyl adjacent to an activating group) is 1. The first-order valence-corrected chi connectivity index (χ1v) is 17.9. The minimum absolute atomic E-state index is 0.00767. The summed E-state index contributed by atoms with van der Waals surface area (Å²) in [5.41, 5.74) is 12.0. The van der Waals surface area contributed by atoms with Gasteiger partial charge in [0.2, 0.25) is 11.8 Å². The molecular weight excluding hydrogens is 652 g/mol. The number of nitrogens with one attached hydrogen (secondary N) is 2. The van der Waals surface area contributed by atoms with Crippen molar-refractivity contribution in [2.45, 2.75) is 70.3 Å². The van der Waals surface area contributed by atoms with E-state index in [1.54, 1.807) is 12.1 Å². The fourth-order valence-corrected chi connectivity index (χ4v) is 6.55. The lowest BCUT2D eigenvalue weighted by Crippen LogP contribution is -2.38. The van der Waals surface area contributed by atoms with Crippen LogP contribution in [-0.2, 0) is 32.2 Å². The number of benzene rings is 5. The number of hydrogen-bond acceptors (Lipinski definition) is 7. The Bertz CT molecular complexity index is 1950. The molecule has 1 aliphatic rings. The van der Waals surface area contributed by atoms with Crippen LogP contribution in [0.15, 0.2) is 115 Å². The molecule has 1 saturated heterocycles. The van der Waals surface area contributed by atoms with Crippen LogP contribution in [0.4, 0.5) is 11.4 Å².